The van der Waals surface area contributed by atoms with E-state index in [-0.39, 0.29) is 12.2 Å². The summed E-state index contributed by atoms with van der Waals surface area (Å²) in [6, 6.07) is 0. The first-order valence-corrected chi connectivity index (χ1v) is 4.29. The van der Waals surface area contributed by atoms with Gasteiger partial charge in [0.2, 0.25) is 0 Å². The van der Waals surface area contributed by atoms with E-state index in [9.17, 15) is 4.39 Å². The minimum atomic E-state index is -0.212. The van der Waals surface area contributed by atoms with Crippen LogP contribution < -0.4 is 10.6 Å². The van der Waals surface area contributed by atoms with Crippen molar-refractivity contribution in [3.63, 3.8) is 0 Å². The van der Waals surface area contributed by atoms with Crippen LogP contribution in [0.25, 0.3) is 0 Å². The molecular weight excluding hydrogens is 143 g/mol. The van der Waals surface area contributed by atoms with E-state index in [1.807, 2.05) is 0 Å². The Hall–Kier alpha value is -0.150. The lowest BCUT2D eigenvalue weighted by molar-refractivity contribution is 0.366. The highest BCUT2D eigenvalue weighted by atomic mass is 19.1. The molecule has 1 heterocycles. The third kappa shape index (κ3) is 2.75. The lowest BCUT2D eigenvalue weighted by Crippen LogP contribution is -2.44. The van der Waals surface area contributed by atoms with E-state index >= 15 is 0 Å². The van der Waals surface area contributed by atoms with Crippen molar-refractivity contribution in [3.05, 3.63) is 0 Å². The van der Waals surface area contributed by atoms with Crippen molar-refractivity contribution < 1.29 is 4.39 Å². The highest BCUT2D eigenvalue weighted by Crippen LogP contribution is 2.12. The summed E-state index contributed by atoms with van der Waals surface area (Å²) in [5, 5.41) is 6.64. The van der Waals surface area contributed by atoms with Gasteiger partial charge in [-0.25, -0.2) is 0 Å². The molecule has 0 amide bonds. The van der Waals surface area contributed by atoms with E-state index in [4.69, 9.17) is 0 Å². The van der Waals surface area contributed by atoms with E-state index in [2.05, 4.69) is 17.6 Å². The van der Waals surface area contributed by atoms with Crippen molar-refractivity contribution in [3.8, 4) is 0 Å². The largest absolute Gasteiger partial charge is 0.315 e. The van der Waals surface area contributed by atoms with Crippen molar-refractivity contribution in [2.24, 2.45) is 0 Å². The number of halogens is 1. The summed E-state index contributed by atoms with van der Waals surface area (Å²) < 4.78 is 11.7. The molecule has 0 bridgehead atoms. The molecule has 0 spiro atoms. The fourth-order valence-electron chi connectivity index (χ4n) is 1.42. The third-order valence-electron chi connectivity index (χ3n) is 2.23. The monoisotopic (exact) mass is 160 g/mol. The Morgan fingerprint density at radius 3 is 3.00 bits per heavy atom. The molecule has 0 aliphatic carbocycles. The number of nitrogens with one attached hydrogen (secondary N) is 2. The standard InChI is InChI=1S/C8H17FN2/c1-8(3-6-10-7-8)11-5-2-4-9/h10-11H,2-7H2,1H3. The van der Waals surface area contributed by atoms with E-state index in [1.54, 1.807) is 0 Å². The molecule has 1 unspecified atom stereocenters. The number of rotatable bonds is 4. The predicted octanol–water partition coefficient (Wildman–Crippen LogP) is 0.688. The zero-order valence-corrected chi connectivity index (χ0v) is 7.12. The molecular formula is C8H17FN2. The van der Waals surface area contributed by atoms with E-state index in [0.717, 1.165) is 26.1 Å². The van der Waals surface area contributed by atoms with Crippen LogP contribution in [0.5, 0.6) is 0 Å². The maximum Gasteiger partial charge on any atom is 0.0906 e. The highest BCUT2D eigenvalue weighted by molar-refractivity contribution is 4.91. The maximum absolute atomic E-state index is 11.7. The van der Waals surface area contributed by atoms with Gasteiger partial charge in [-0.3, -0.25) is 4.39 Å². The first-order chi connectivity index (χ1) is 5.27. The fourth-order valence-corrected chi connectivity index (χ4v) is 1.42. The summed E-state index contributed by atoms with van der Waals surface area (Å²) in [5.74, 6) is 0. The maximum atomic E-state index is 11.7. The van der Waals surface area contributed by atoms with Crippen LogP contribution >= 0.6 is 0 Å². The fraction of sp³-hybridized carbons (Fsp3) is 1.00. The molecule has 66 valence electrons. The Morgan fingerprint density at radius 2 is 2.45 bits per heavy atom. The second kappa shape index (κ2) is 4.02. The SMILES string of the molecule is CC1(NCCCF)CCNC1. The normalized spacial score (nSPS) is 31.1. The summed E-state index contributed by atoms with van der Waals surface area (Å²) in [6.07, 6.45) is 1.79. The smallest absolute Gasteiger partial charge is 0.0906 e. The van der Waals surface area contributed by atoms with Gasteiger partial charge in [-0.05, 0) is 32.9 Å². The molecule has 1 rings (SSSR count). The quantitative estimate of drug-likeness (QED) is 0.591. The van der Waals surface area contributed by atoms with Gasteiger partial charge in [0.25, 0.3) is 0 Å². The molecule has 1 saturated heterocycles. The summed E-state index contributed by atoms with van der Waals surface area (Å²) in [7, 11) is 0. The van der Waals surface area contributed by atoms with Crippen molar-refractivity contribution in [1.82, 2.24) is 10.6 Å². The highest BCUT2D eigenvalue weighted by Gasteiger charge is 2.26. The van der Waals surface area contributed by atoms with Gasteiger partial charge in [-0.1, -0.05) is 0 Å². The first kappa shape index (κ1) is 8.94. The van der Waals surface area contributed by atoms with Gasteiger partial charge in [0.1, 0.15) is 0 Å². The molecule has 0 aromatic rings. The van der Waals surface area contributed by atoms with Crippen LogP contribution in [0.1, 0.15) is 19.8 Å². The molecule has 2 N–H and O–H groups in total. The molecule has 1 aliphatic rings. The van der Waals surface area contributed by atoms with Crippen LogP contribution in [0.2, 0.25) is 0 Å². The van der Waals surface area contributed by atoms with Gasteiger partial charge in [0, 0.05) is 12.1 Å². The molecule has 1 fully saturated rings. The first-order valence-electron chi connectivity index (χ1n) is 4.29. The molecule has 1 atom stereocenters. The molecule has 11 heavy (non-hydrogen) atoms. The van der Waals surface area contributed by atoms with Gasteiger partial charge in [-0.2, -0.15) is 0 Å². The van der Waals surface area contributed by atoms with E-state index in [1.165, 1.54) is 0 Å². The Balaban J connectivity index is 2.13. The van der Waals surface area contributed by atoms with Crippen LogP contribution in [0.15, 0.2) is 0 Å². The van der Waals surface area contributed by atoms with Crippen LogP contribution in [-0.2, 0) is 0 Å². The summed E-state index contributed by atoms with van der Waals surface area (Å²) >= 11 is 0. The molecule has 0 saturated carbocycles. The summed E-state index contributed by atoms with van der Waals surface area (Å²) in [5.41, 5.74) is 0.217. The summed E-state index contributed by atoms with van der Waals surface area (Å²) in [4.78, 5) is 0. The topological polar surface area (TPSA) is 24.1 Å². The van der Waals surface area contributed by atoms with Crippen LogP contribution in [0.4, 0.5) is 4.39 Å². The van der Waals surface area contributed by atoms with E-state index in [0.29, 0.717) is 6.42 Å². The van der Waals surface area contributed by atoms with Gasteiger partial charge in [0.05, 0.1) is 6.67 Å². The lowest BCUT2D eigenvalue weighted by Gasteiger charge is -2.24. The second-order valence-electron chi connectivity index (χ2n) is 3.46. The van der Waals surface area contributed by atoms with Gasteiger partial charge < -0.3 is 10.6 Å². The van der Waals surface area contributed by atoms with Gasteiger partial charge in [-0.15, -0.1) is 0 Å². The molecule has 1 aliphatic heterocycles. The summed E-state index contributed by atoms with van der Waals surface area (Å²) in [6.45, 7) is 4.87. The average Bonchev–Trinajstić information content (AvgIpc) is 2.38. The van der Waals surface area contributed by atoms with Crippen molar-refractivity contribution in [2.45, 2.75) is 25.3 Å². The predicted molar refractivity (Wildman–Crippen MR) is 44.5 cm³/mol. The Bertz CT molecular complexity index is 111. The van der Waals surface area contributed by atoms with E-state index < -0.39 is 0 Å². The number of alkyl halides is 1. The molecule has 3 heteroatoms. The van der Waals surface area contributed by atoms with Crippen LogP contribution in [0, 0.1) is 0 Å². The minimum absolute atomic E-state index is 0.212. The Kier molecular flexibility index (Phi) is 3.27. The lowest BCUT2D eigenvalue weighted by atomic mass is 10.0. The molecule has 0 radical (unpaired) electrons. The minimum Gasteiger partial charge on any atom is -0.315 e. The molecule has 2 nitrogen and oxygen atoms in total. The van der Waals surface area contributed by atoms with Crippen molar-refractivity contribution in [2.75, 3.05) is 26.3 Å². The van der Waals surface area contributed by atoms with Crippen LogP contribution in [-0.4, -0.2) is 31.8 Å². The number of hydrogen-bond donors (Lipinski definition) is 2. The van der Waals surface area contributed by atoms with Crippen LogP contribution in [0.3, 0.4) is 0 Å². The number of hydrogen-bond acceptors (Lipinski definition) is 2. The zero-order valence-electron chi connectivity index (χ0n) is 7.12. The Morgan fingerprint density at radius 1 is 1.64 bits per heavy atom. The van der Waals surface area contributed by atoms with Gasteiger partial charge in [0.15, 0.2) is 0 Å². The molecule has 0 aromatic heterocycles. The average molecular weight is 160 g/mol. The Labute approximate surface area is 67.6 Å². The van der Waals surface area contributed by atoms with Gasteiger partial charge >= 0.3 is 0 Å². The molecule has 0 aromatic carbocycles. The third-order valence-corrected chi connectivity index (χ3v) is 2.23. The zero-order chi connectivity index (χ0) is 8.16. The second-order valence-corrected chi connectivity index (χ2v) is 3.46. The van der Waals surface area contributed by atoms with Crippen molar-refractivity contribution >= 4 is 0 Å². The van der Waals surface area contributed by atoms with Crippen molar-refractivity contribution in [1.29, 1.82) is 0 Å².